The van der Waals surface area contributed by atoms with Gasteiger partial charge in [0.2, 0.25) is 0 Å². The highest BCUT2D eigenvalue weighted by atomic mass is 79.9. The maximum atomic E-state index is 13.3. The van der Waals surface area contributed by atoms with Crippen molar-refractivity contribution in [2.24, 2.45) is 5.73 Å². The Morgan fingerprint density at radius 2 is 2.05 bits per heavy atom. The summed E-state index contributed by atoms with van der Waals surface area (Å²) in [6.45, 7) is 2.03. The van der Waals surface area contributed by atoms with Crippen molar-refractivity contribution in [3.05, 3.63) is 63.4 Å². The van der Waals surface area contributed by atoms with Crippen LogP contribution in [0.4, 0.5) is 4.39 Å². The van der Waals surface area contributed by atoms with E-state index >= 15 is 0 Å². The highest BCUT2D eigenvalue weighted by molar-refractivity contribution is 9.10. The number of hydrogen-bond acceptors (Lipinski definition) is 2. The number of halogens is 2. The average molecular weight is 336 g/mol. The Kier molecular flexibility index (Phi) is 3.52. The molecule has 2 N–H and O–H groups in total. The predicted octanol–water partition coefficient (Wildman–Crippen LogP) is 4.42. The highest BCUT2D eigenvalue weighted by Gasteiger charge is 2.27. The molecule has 2 atom stereocenters. The second-order valence-electron chi connectivity index (χ2n) is 5.14. The smallest absolute Gasteiger partial charge is 0.127 e. The first-order chi connectivity index (χ1) is 9.54. The summed E-state index contributed by atoms with van der Waals surface area (Å²) in [5, 5.41) is 0. The summed E-state index contributed by atoms with van der Waals surface area (Å²) in [5.74, 6) is 0.243. The summed E-state index contributed by atoms with van der Waals surface area (Å²) in [5.41, 5.74) is 9.26. The minimum atomic E-state index is -0.304. The number of benzene rings is 2. The van der Waals surface area contributed by atoms with E-state index in [2.05, 4.69) is 15.9 Å². The van der Waals surface area contributed by atoms with E-state index < -0.39 is 0 Å². The van der Waals surface area contributed by atoms with Gasteiger partial charge in [-0.05, 0) is 30.2 Å². The van der Waals surface area contributed by atoms with Gasteiger partial charge in [-0.25, -0.2) is 4.39 Å². The Morgan fingerprint density at radius 1 is 1.25 bits per heavy atom. The number of fused-ring (bicyclic) bond motifs is 1. The SMILES string of the molecule is Cc1ccc(C2C[C@H](N)c3ccc(F)cc3O2)cc1Br. The third-order valence-electron chi connectivity index (χ3n) is 3.68. The van der Waals surface area contributed by atoms with E-state index in [-0.39, 0.29) is 18.0 Å². The Labute approximate surface area is 125 Å². The molecule has 0 spiro atoms. The Morgan fingerprint density at radius 3 is 2.80 bits per heavy atom. The van der Waals surface area contributed by atoms with Gasteiger partial charge in [0.25, 0.3) is 0 Å². The molecule has 20 heavy (non-hydrogen) atoms. The zero-order chi connectivity index (χ0) is 14.3. The van der Waals surface area contributed by atoms with Crippen LogP contribution in [0.5, 0.6) is 5.75 Å². The minimum absolute atomic E-state index is 0.135. The van der Waals surface area contributed by atoms with Gasteiger partial charge in [0.05, 0.1) is 0 Å². The van der Waals surface area contributed by atoms with Crippen LogP contribution in [-0.2, 0) is 0 Å². The van der Waals surface area contributed by atoms with Gasteiger partial charge in [0.1, 0.15) is 17.7 Å². The molecule has 0 aromatic heterocycles. The van der Waals surface area contributed by atoms with Crippen molar-refractivity contribution in [2.75, 3.05) is 0 Å². The molecular formula is C16H15BrFNO. The molecule has 0 fully saturated rings. The number of nitrogens with two attached hydrogens (primary N) is 1. The summed E-state index contributed by atoms with van der Waals surface area (Å²) < 4.78 is 20.3. The van der Waals surface area contributed by atoms with Crippen LogP contribution in [0.15, 0.2) is 40.9 Å². The second-order valence-corrected chi connectivity index (χ2v) is 5.99. The molecule has 0 radical (unpaired) electrons. The van der Waals surface area contributed by atoms with Crippen LogP contribution in [0.1, 0.15) is 35.3 Å². The standard InChI is InChI=1S/C16H15BrFNO/c1-9-2-3-10(6-13(9)17)15-8-14(19)12-5-4-11(18)7-16(12)20-15/h2-7,14-15H,8,19H2,1H3/t14-,15?/m0/s1. The highest BCUT2D eigenvalue weighted by Crippen LogP contribution is 2.40. The van der Waals surface area contributed by atoms with Crippen molar-refractivity contribution in [3.63, 3.8) is 0 Å². The van der Waals surface area contributed by atoms with Crippen LogP contribution in [0, 0.1) is 12.7 Å². The fourth-order valence-electron chi connectivity index (χ4n) is 2.49. The van der Waals surface area contributed by atoms with E-state index in [0.29, 0.717) is 12.2 Å². The lowest BCUT2D eigenvalue weighted by Crippen LogP contribution is -2.24. The number of aryl methyl sites for hydroxylation is 1. The number of rotatable bonds is 1. The maximum Gasteiger partial charge on any atom is 0.127 e. The zero-order valence-electron chi connectivity index (χ0n) is 11.1. The first kappa shape index (κ1) is 13.6. The molecule has 2 aromatic carbocycles. The van der Waals surface area contributed by atoms with Gasteiger partial charge in [-0.3, -0.25) is 0 Å². The van der Waals surface area contributed by atoms with Gasteiger partial charge in [0.15, 0.2) is 0 Å². The second kappa shape index (κ2) is 5.19. The Hall–Kier alpha value is -1.39. The lowest BCUT2D eigenvalue weighted by atomic mass is 9.93. The number of ether oxygens (including phenoxy) is 1. The molecule has 0 saturated carbocycles. The molecule has 2 nitrogen and oxygen atoms in total. The monoisotopic (exact) mass is 335 g/mol. The zero-order valence-corrected chi connectivity index (χ0v) is 12.7. The third-order valence-corrected chi connectivity index (χ3v) is 4.53. The van der Waals surface area contributed by atoms with Crippen molar-refractivity contribution in [2.45, 2.75) is 25.5 Å². The molecule has 0 saturated heterocycles. The summed E-state index contributed by atoms with van der Waals surface area (Å²) in [4.78, 5) is 0. The van der Waals surface area contributed by atoms with E-state index in [9.17, 15) is 4.39 Å². The fraction of sp³-hybridized carbons (Fsp3) is 0.250. The fourth-order valence-corrected chi connectivity index (χ4v) is 2.89. The molecule has 0 amide bonds. The summed E-state index contributed by atoms with van der Waals surface area (Å²) >= 11 is 3.52. The summed E-state index contributed by atoms with van der Waals surface area (Å²) in [7, 11) is 0. The van der Waals surface area contributed by atoms with E-state index in [1.165, 1.54) is 17.7 Å². The lowest BCUT2D eigenvalue weighted by molar-refractivity contribution is 0.160. The first-order valence-corrected chi connectivity index (χ1v) is 7.31. The molecule has 4 heteroatoms. The topological polar surface area (TPSA) is 35.2 Å². The van der Waals surface area contributed by atoms with Crippen molar-refractivity contribution < 1.29 is 9.13 Å². The Bertz CT molecular complexity index is 659. The minimum Gasteiger partial charge on any atom is -0.485 e. The molecule has 3 rings (SSSR count). The molecule has 1 aliphatic heterocycles. The molecular weight excluding hydrogens is 321 g/mol. The van der Waals surface area contributed by atoms with Crippen molar-refractivity contribution in [3.8, 4) is 5.75 Å². The third kappa shape index (κ3) is 2.45. The van der Waals surface area contributed by atoms with Crippen LogP contribution in [0.25, 0.3) is 0 Å². The first-order valence-electron chi connectivity index (χ1n) is 6.52. The number of hydrogen-bond donors (Lipinski definition) is 1. The molecule has 0 bridgehead atoms. The molecule has 104 valence electrons. The van der Waals surface area contributed by atoms with Crippen LogP contribution >= 0.6 is 15.9 Å². The van der Waals surface area contributed by atoms with Gasteiger partial charge in [-0.1, -0.05) is 34.1 Å². The van der Waals surface area contributed by atoms with E-state index in [1.807, 2.05) is 25.1 Å². The van der Waals surface area contributed by atoms with Crippen molar-refractivity contribution in [1.29, 1.82) is 0 Å². The Balaban J connectivity index is 1.96. The normalized spacial score (nSPS) is 21.2. The molecule has 1 heterocycles. The van der Waals surface area contributed by atoms with Crippen LogP contribution in [-0.4, -0.2) is 0 Å². The molecule has 2 aromatic rings. The van der Waals surface area contributed by atoms with Gasteiger partial charge in [0, 0.05) is 28.6 Å². The van der Waals surface area contributed by atoms with Gasteiger partial charge < -0.3 is 10.5 Å². The van der Waals surface area contributed by atoms with Crippen molar-refractivity contribution in [1.82, 2.24) is 0 Å². The van der Waals surface area contributed by atoms with Gasteiger partial charge in [-0.2, -0.15) is 0 Å². The molecule has 0 aliphatic carbocycles. The van der Waals surface area contributed by atoms with Gasteiger partial charge in [-0.15, -0.1) is 0 Å². The van der Waals surface area contributed by atoms with Crippen LogP contribution < -0.4 is 10.5 Å². The predicted molar refractivity (Wildman–Crippen MR) is 80.2 cm³/mol. The molecule has 1 unspecified atom stereocenters. The summed E-state index contributed by atoms with van der Waals surface area (Å²) in [6, 6.07) is 10.5. The quantitative estimate of drug-likeness (QED) is 0.837. The van der Waals surface area contributed by atoms with Crippen LogP contribution in [0.3, 0.4) is 0 Å². The molecule has 1 aliphatic rings. The average Bonchev–Trinajstić information content (AvgIpc) is 2.41. The van der Waals surface area contributed by atoms with Crippen LogP contribution in [0.2, 0.25) is 0 Å². The maximum absolute atomic E-state index is 13.3. The largest absolute Gasteiger partial charge is 0.485 e. The van der Waals surface area contributed by atoms with E-state index in [1.54, 1.807) is 6.07 Å². The van der Waals surface area contributed by atoms with E-state index in [4.69, 9.17) is 10.5 Å². The van der Waals surface area contributed by atoms with Crippen molar-refractivity contribution >= 4 is 15.9 Å². The summed E-state index contributed by atoms with van der Waals surface area (Å²) in [6.07, 6.45) is 0.546. The lowest BCUT2D eigenvalue weighted by Gasteiger charge is -2.30. The van der Waals surface area contributed by atoms with Gasteiger partial charge >= 0.3 is 0 Å². The van der Waals surface area contributed by atoms with E-state index in [0.717, 1.165) is 15.6 Å².